The van der Waals surface area contributed by atoms with Gasteiger partial charge in [-0.15, -0.1) is 0 Å². The van der Waals surface area contributed by atoms with Crippen molar-refractivity contribution in [3.8, 4) is 28.3 Å². The lowest BCUT2D eigenvalue weighted by Crippen LogP contribution is -2.07. The summed E-state index contributed by atoms with van der Waals surface area (Å²) in [4.78, 5) is 0. The first-order valence-electron chi connectivity index (χ1n) is 11.8. The summed E-state index contributed by atoms with van der Waals surface area (Å²) in [5, 5.41) is 31.1. The number of methoxy groups -OCH3 is 1. The number of aliphatic hydroxyl groups excluding tert-OH is 2. The van der Waals surface area contributed by atoms with Gasteiger partial charge in [0.15, 0.2) is 0 Å². The first kappa shape index (κ1) is 23.2. The van der Waals surface area contributed by atoms with Gasteiger partial charge < -0.3 is 14.9 Å². The van der Waals surface area contributed by atoms with Crippen LogP contribution in [0.25, 0.3) is 33.5 Å². The number of ether oxygens (including phenoxy) is 1. The van der Waals surface area contributed by atoms with Gasteiger partial charge in [-0.05, 0) is 42.0 Å². The standard InChI is InChI=1S/C29H23ClN4O3/c1-37-28-14-11-21-15-23(31-33(21)27(28)17-35)19-7-9-20(10-8-19)29(36)25-13-12-22(30)26-16-24(32-34(25)26)18-5-3-2-4-6-18/h2-16,29,35-36H,17H2,1H3. The van der Waals surface area contributed by atoms with E-state index in [1.807, 2.05) is 78.9 Å². The topological polar surface area (TPSA) is 84.3 Å². The minimum Gasteiger partial charge on any atom is -0.495 e. The lowest BCUT2D eigenvalue weighted by Gasteiger charge is -2.14. The molecule has 0 spiro atoms. The summed E-state index contributed by atoms with van der Waals surface area (Å²) in [5.41, 5.74) is 6.87. The van der Waals surface area contributed by atoms with Gasteiger partial charge in [-0.3, -0.25) is 0 Å². The van der Waals surface area contributed by atoms with Gasteiger partial charge in [0.2, 0.25) is 0 Å². The molecule has 37 heavy (non-hydrogen) atoms. The molecule has 0 aliphatic heterocycles. The zero-order valence-corrected chi connectivity index (χ0v) is 20.7. The number of nitrogens with zero attached hydrogens (tertiary/aromatic N) is 4. The molecule has 6 rings (SSSR count). The van der Waals surface area contributed by atoms with Crippen LogP contribution in [0.2, 0.25) is 5.02 Å². The van der Waals surface area contributed by atoms with Gasteiger partial charge in [-0.1, -0.05) is 66.2 Å². The molecule has 0 saturated carbocycles. The third-order valence-corrected chi connectivity index (χ3v) is 6.84. The molecular formula is C29H23ClN4O3. The van der Waals surface area contributed by atoms with Gasteiger partial charge in [0.25, 0.3) is 0 Å². The van der Waals surface area contributed by atoms with E-state index in [1.165, 1.54) is 0 Å². The average Bonchev–Trinajstić information content (AvgIpc) is 3.59. The minimum absolute atomic E-state index is 0.193. The van der Waals surface area contributed by atoms with E-state index in [1.54, 1.807) is 28.3 Å². The monoisotopic (exact) mass is 510 g/mol. The zero-order valence-electron chi connectivity index (χ0n) is 19.9. The third-order valence-electron chi connectivity index (χ3n) is 6.52. The highest BCUT2D eigenvalue weighted by atomic mass is 35.5. The number of hydrogen-bond donors (Lipinski definition) is 2. The Morgan fingerprint density at radius 2 is 1.54 bits per heavy atom. The van der Waals surface area contributed by atoms with E-state index < -0.39 is 6.10 Å². The maximum atomic E-state index is 11.3. The van der Waals surface area contributed by atoms with Crippen molar-refractivity contribution < 1.29 is 14.9 Å². The third kappa shape index (κ3) is 4.03. The van der Waals surface area contributed by atoms with Gasteiger partial charge in [0.1, 0.15) is 17.5 Å². The van der Waals surface area contributed by atoms with E-state index in [9.17, 15) is 10.2 Å². The van der Waals surface area contributed by atoms with Crippen molar-refractivity contribution in [3.63, 3.8) is 0 Å². The number of aromatic nitrogens is 4. The second kappa shape index (κ2) is 9.37. The number of aliphatic hydroxyl groups is 2. The molecule has 4 heterocycles. The summed E-state index contributed by atoms with van der Waals surface area (Å²) in [6.45, 7) is -0.193. The minimum atomic E-state index is -0.913. The Bertz CT molecular complexity index is 1730. The van der Waals surface area contributed by atoms with Gasteiger partial charge in [-0.25, -0.2) is 9.03 Å². The molecule has 6 aromatic rings. The fourth-order valence-corrected chi connectivity index (χ4v) is 4.79. The number of hydrogen-bond acceptors (Lipinski definition) is 5. The fourth-order valence-electron chi connectivity index (χ4n) is 4.59. The lowest BCUT2D eigenvalue weighted by molar-refractivity contribution is 0.212. The molecule has 0 saturated heterocycles. The highest BCUT2D eigenvalue weighted by Gasteiger charge is 2.18. The van der Waals surface area contributed by atoms with Crippen LogP contribution in [0, 0.1) is 0 Å². The SMILES string of the molecule is COc1ccc2cc(-c3ccc(C(O)c4ccc(Cl)c5cc(-c6ccccc6)nn45)cc3)nn2c1CO. The summed E-state index contributed by atoms with van der Waals surface area (Å²) in [6, 6.07) is 28.6. The Hall–Kier alpha value is -4.17. The van der Waals surface area contributed by atoms with Crippen LogP contribution >= 0.6 is 11.6 Å². The first-order chi connectivity index (χ1) is 18.1. The number of fused-ring (bicyclic) bond motifs is 2. The molecule has 0 aliphatic carbocycles. The van der Waals surface area contributed by atoms with Crippen LogP contribution in [0.5, 0.6) is 5.75 Å². The number of halogens is 1. The van der Waals surface area contributed by atoms with Crippen molar-refractivity contribution in [2.45, 2.75) is 12.7 Å². The van der Waals surface area contributed by atoms with Crippen molar-refractivity contribution in [2.24, 2.45) is 0 Å². The number of pyridine rings is 2. The lowest BCUT2D eigenvalue weighted by atomic mass is 10.0. The summed E-state index contributed by atoms with van der Waals surface area (Å²) < 4.78 is 8.73. The van der Waals surface area contributed by atoms with E-state index in [0.29, 0.717) is 27.7 Å². The molecule has 0 bridgehead atoms. The summed E-state index contributed by atoms with van der Waals surface area (Å²) in [5.74, 6) is 0.575. The molecule has 0 radical (unpaired) electrons. The van der Waals surface area contributed by atoms with Crippen LogP contribution in [0.4, 0.5) is 0 Å². The first-order valence-corrected chi connectivity index (χ1v) is 12.1. The second-order valence-electron chi connectivity index (χ2n) is 8.70. The van der Waals surface area contributed by atoms with Crippen molar-refractivity contribution in [1.29, 1.82) is 0 Å². The molecule has 0 amide bonds. The Morgan fingerprint density at radius 3 is 2.27 bits per heavy atom. The molecule has 0 fully saturated rings. The van der Waals surface area contributed by atoms with Crippen molar-refractivity contribution in [2.75, 3.05) is 7.11 Å². The molecule has 184 valence electrons. The molecule has 2 aromatic carbocycles. The van der Waals surface area contributed by atoms with Crippen LogP contribution in [0.15, 0.2) is 91.0 Å². The molecule has 1 atom stereocenters. The van der Waals surface area contributed by atoms with Crippen LogP contribution in [-0.4, -0.2) is 36.6 Å². The molecule has 0 aliphatic rings. The highest BCUT2D eigenvalue weighted by molar-refractivity contribution is 6.33. The normalized spacial score (nSPS) is 12.3. The zero-order chi connectivity index (χ0) is 25.5. The smallest absolute Gasteiger partial charge is 0.142 e. The maximum absolute atomic E-state index is 11.3. The van der Waals surface area contributed by atoms with E-state index in [0.717, 1.165) is 33.5 Å². The predicted octanol–water partition coefficient (Wildman–Crippen LogP) is 5.55. The Balaban J connectivity index is 1.35. The maximum Gasteiger partial charge on any atom is 0.142 e. The van der Waals surface area contributed by atoms with Crippen molar-refractivity contribution in [3.05, 3.63) is 113 Å². The Labute approximate surface area is 217 Å². The average molecular weight is 511 g/mol. The largest absolute Gasteiger partial charge is 0.495 e. The van der Waals surface area contributed by atoms with E-state index in [2.05, 4.69) is 5.10 Å². The van der Waals surface area contributed by atoms with Crippen LogP contribution < -0.4 is 4.74 Å². The van der Waals surface area contributed by atoms with Crippen molar-refractivity contribution >= 4 is 22.6 Å². The second-order valence-corrected chi connectivity index (χ2v) is 9.10. The van der Waals surface area contributed by atoms with Crippen LogP contribution in [-0.2, 0) is 6.61 Å². The summed E-state index contributed by atoms with van der Waals surface area (Å²) >= 11 is 6.47. The van der Waals surface area contributed by atoms with Gasteiger partial charge in [0.05, 0.1) is 46.9 Å². The molecule has 2 N–H and O–H groups in total. The van der Waals surface area contributed by atoms with E-state index >= 15 is 0 Å². The highest BCUT2D eigenvalue weighted by Crippen LogP contribution is 2.31. The molecule has 4 aromatic heterocycles. The van der Waals surface area contributed by atoms with Gasteiger partial charge in [0, 0.05) is 11.1 Å². The number of rotatable bonds is 6. The molecular weight excluding hydrogens is 488 g/mol. The van der Waals surface area contributed by atoms with Gasteiger partial charge >= 0.3 is 0 Å². The van der Waals surface area contributed by atoms with Crippen LogP contribution in [0.3, 0.4) is 0 Å². The number of benzene rings is 2. The molecule has 8 heteroatoms. The molecule has 7 nitrogen and oxygen atoms in total. The van der Waals surface area contributed by atoms with Crippen LogP contribution in [0.1, 0.15) is 23.1 Å². The van der Waals surface area contributed by atoms with E-state index in [4.69, 9.17) is 21.4 Å². The van der Waals surface area contributed by atoms with Crippen molar-refractivity contribution in [1.82, 2.24) is 19.2 Å². The Kier molecular flexibility index (Phi) is 5.88. The molecule has 1 unspecified atom stereocenters. The summed E-state index contributed by atoms with van der Waals surface area (Å²) in [7, 11) is 1.56. The summed E-state index contributed by atoms with van der Waals surface area (Å²) in [6.07, 6.45) is -0.913. The van der Waals surface area contributed by atoms with E-state index in [-0.39, 0.29) is 6.61 Å². The fraction of sp³-hybridized carbons (Fsp3) is 0.103. The van der Waals surface area contributed by atoms with Gasteiger partial charge in [-0.2, -0.15) is 10.2 Å². The Morgan fingerprint density at radius 1 is 0.838 bits per heavy atom. The quantitative estimate of drug-likeness (QED) is 0.307. The predicted molar refractivity (Wildman–Crippen MR) is 143 cm³/mol.